The summed E-state index contributed by atoms with van der Waals surface area (Å²) in [4.78, 5) is 10.9. The summed E-state index contributed by atoms with van der Waals surface area (Å²) in [5, 5.41) is 4.44. The van der Waals surface area contributed by atoms with Gasteiger partial charge in [0.1, 0.15) is 11.4 Å². The van der Waals surface area contributed by atoms with E-state index in [1.807, 2.05) is 18.2 Å². The maximum atomic E-state index is 6.71. The first kappa shape index (κ1) is 32.8. The number of benzene rings is 8. The highest BCUT2D eigenvalue weighted by molar-refractivity contribution is 6.21. The molecule has 0 unspecified atom stereocenters. The summed E-state index contributed by atoms with van der Waals surface area (Å²) in [5.41, 5.74) is 14.6. The molecule has 57 heavy (non-hydrogen) atoms. The summed E-state index contributed by atoms with van der Waals surface area (Å²) >= 11 is 0. The molecule has 3 heterocycles. The minimum Gasteiger partial charge on any atom is -0.454 e. The van der Waals surface area contributed by atoms with Crippen molar-refractivity contribution in [2.75, 3.05) is 0 Å². The van der Waals surface area contributed by atoms with Crippen LogP contribution in [0.4, 0.5) is 0 Å². The lowest BCUT2D eigenvalue weighted by Gasteiger charge is -2.17. The van der Waals surface area contributed by atoms with Crippen molar-refractivity contribution in [3.8, 4) is 61.8 Å². The fourth-order valence-corrected chi connectivity index (χ4v) is 8.56. The maximum Gasteiger partial charge on any atom is 0.162 e. The van der Waals surface area contributed by atoms with Gasteiger partial charge >= 0.3 is 0 Å². The summed E-state index contributed by atoms with van der Waals surface area (Å²) in [7, 11) is 0. The molecule has 4 heteroatoms. The molecule has 0 aliphatic rings. The number of furan rings is 1. The van der Waals surface area contributed by atoms with E-state index in [1.165, 1.54) is 22.3 Å². The monoisotopic (exact) mass is 729 g/mol. The zero-order valence-corrected chi connectivity index (χ0v) is 31.2. The van der Waals surface area contributed by atoms with Gasteiger partial charge in [0.2, 0.25) is 0 Å². The molecule has 0 atom stereocenters. The van der Waals surface area contributed by atoms with Crippen LogP contribution in [0.5, 0.6) is 0 Å². The van der Waals surface area contributed by atoms with Crippen LogP contribution in [-0.4, -0.2) is 14.5 Å². The Morgan fingerprint density at radius 1 is 0.421 bits per heavy atom. The third kappa shape index (κ3) is 5.37. The van der Waals surface area contributed by atoms with Gasteiger partial charge in [0.25, 0.3) is 0 Å². The van der Waals surface area contributed by atoms with Crippen molar-refractivity contribution >= 4 is 43.7 Å². The van der Waals surface area contributed by atoms with Crippen LogP contribution in [0, 0.1) is 6.92 Å². The van der Waals surface area contributed by atoms with E-state index in [0.29, 0.717) is 5.82 Å². The number of rotatable bonds is 6. The van der Waals surface area contributed by atoms with Crippen LogP contribution in [-0.2, 0) is 0 Å². The van der Waals surface area contributed by atoms with Crippen molar-refractivity contribution < 1.29 is 4.42 Å². The van der Waals surface area contributed by atoms with Crippen molar-refractivity contribution in [1.82, 2.24) is 14.5 Å². The van der Waals surface area contributed by atoms with Crippen LogP contribution in [0.3, 0.4) is 0 Å². The Hall–Kier alpha value is -7.56. The van der Waals surface area contributed by atoms with Gasteiger partial charge in [0.15, 0.2) is 11.4 Å². The quantitative estimate of drug-likeness (QED) is 0.171. The van der Waals surface area contributed by atoms with Gasteiger partial charge in [-0.25, -0.2) is 9.97 Å². The van der Waals surface area contributed by atoms with E-state index in [1.54, 1.807) is 0 Å². The highest BCUT2D eigenvalue weighted by Gasteiger charge is 2.23. The number of nitrogens with zero attached hydrogens (tertiary/aromatic N) is 3. The van der Waals surface area contributed by atoms with Crippen molar-refractivity contribution in [2.45, 2.75) is 6.92 Å². The lowest BCUT2D eigenvalue weighted by atomic mass is 9.89. The molecule has 0 aliphatic carbocycles. The van der Waals surface area contributed by atoms with Crippen LogP contribution >= 0.6 is 0 Å². The van der Waals surface area contributed by atoms with Gasteiger partial charge in [0.05, 0.1) is 16.7 Å². The predicted octanol–water partition coefficient (Wildman–Crippen LogP) is 14.1. The van der Waals surface area contributed by atoms with Gasteiger partial charge in [0, 0.05) is 38.2 Å². The summed E-state index contributed by atoms with van der Waals surface area (Å²) in [6.07, 6.45) is 0. The lowest BCUT2D eigenvalue weighted by Crippen LogP contribution is -2.06. The summed E-state index contributed by atoms with van der Waals surface area (Å²) in [5.74, 6) is 1.47. The molecule has 0 radical (unpaired) electrons. The Labute approximate surface area is 330 Å². The van der Waals surface area contributed by atoms with Gasteiger partial charge in [-0.3, -0.25) is 4.57 Å². The standard InChI is InChI=1S/C53H35N3O/c1-34-49(36-19-6-3-7-20-36)54-52(38-22-16-21-37(33-38)40-24-9-11-26-42(40)41-25-10-8-23-39(41)35-17-4-2-5-18-35)55-53(34)56-47-29-14-12-27-43(47)45-31-32-46-44-28-13-15-30-48(44)57-51(46)50(45)56/h2-33H,1H3. The average molecular weight is 730 g/mol. The first-order chi connectivity index (χ1) is 28.2. The molecule has 268 valence electrons. The van der Waals surface area contributed by atoms with Gasteiger partial charge in [-0.15, -0.1) is 0 Å². The molecular weight excluding hydrogens is 695 g/mol. The molecule has 11 aromatic rings. The third-order valence-corrected chi connectivity index (χ3v) is 11.2. The van der Waals surface area contributed by atoms with E-state index in [2.05, 4.69) is 187 Å². The minimum absolute atomic E-state index is 0.654. The molecule has 0 saturated carbocycles. The summed E-state index contributed by atoms with van der Waals surface area (Å²) in [6.45, 7) is 2.14. The second-order valence-electron chi connectivity index (χ2n) is 14.5. The molecule has 4 nitrogen and oxygen atoms in total. The van der Waals surface area contributed by atoms with E-state index < -0.39 is 0 Å². The molecule has 0 N–H and O–H groups in total. The first-order valence-electron chi connectivity index (χ1n) is 19.3. The Balaban J connectivity index is 1.15. The van der Waals surface area contributed by atoms with Crippen LogP contribution < -0.4 is 0 Å². The lowest BCUT2D eigenvalue weighted by molar-refractivity contribution is 0.671. The third-order valence-electron chi connectivity index (χ3n) is 11.2. The largest absolute Gasteiger partial charge is 0.454 e. The number of para-hydroxylation sites is 2. The van der Waals surface area contributed by atoms with E-state index in [9.17, 15) is 0 Å². The maximum absolute atomic E-state index is 6.71. The van der Waals surface area contributed by atoms with Crippen molar-refractivity contribution in [2.24, 2.45) is 0 Å². The Kier molecular flexibility index (Phi) is 7.68. The van der Waals surface area contributed by atoms with Crippen LogP contribution in [0.2, 0.25) is 0 Å². The zero-order valence-electron chi connectivity index (χ0n) is 31.2. The van der Waals surface area contributed by atoms with Crippen LogP contribution in [0.1, 0.15) is 5.56 Å². The second kappa shape index (κ2) is 13.3. The van der Waals surface area contributed by atoms with Crippen LogP contribution in [0.25, 0.3) is 106 Å². The normalized spacial score (nSPS) is 11.6. The van der Waals surface area contributed by atoms with Gasteiger partial charge in [-0.2, -0.15) is 0 Å². The van der Waals surface area contributed by atoms with Crippen LogP contribution in [0.15, 0.2) is 199 Å². The van der Waals surface area contributed by atoms with Gasteiger partial charge < -0.3 is 4.42 Å². The summed E-state index contributed by atoms with van der Waals surface area (Å²) in [6, 6.07) is 68.3. The highest BCUT2D eigenvalue weighted by Crippen LogP contribution is 2.43. The molecule has 0 saturated heterocycles. The van der Waals surface area contributed by atoms with E-state index in [4.69, 9.17) is 14.4 Å². The molecule has 3 aromatic heterocycles. The smallest absolute Gasteiger partial charge is 0.162 e. The minimum atomic E-state index is 0.654. The Morgan fingerprint density at radius 2 is 0.982 bits per heavy atom. The highest BCUT2D eigenvalue weighted by atomic mass is 16.3. The van der Waals surface area contributed by atoms with Gasteiger partial charge in [-0.05, 0) is 64.6 Å². The molecule has 0 aliphatic heterocycles. The molecule has 11 rings (SSSR count). The number of fused-ring (bicyclic) bond motifs is 7. The number of aromatic nitrogens is 3. The zero-order chi connectivity index (χ0) is 37.9. The second-order valence-corrected chi connectivity index (χ2v) is 14.5. The first-order valence-corrected chi connectivity index (χ1v) is 19.3. The summed E-state index contributed by atoms with van der Waals surface area (Å²) < 4.78 is 9.01. The van der Waals surface area contributed by atoms with Crippen molar-refractivity contribution in [3.63, 3.8) is 0 Å². The molecule has 0 spiro atoms. The molecule has 0 amide bonds. The fraction of sp³-hybridized carbons (Fsp3) is 0.0189. The average Bonchev–Trinajstić information content (AvgIpc) is 3.83. The molecule has 0 fully saturated rings. The van der Waals surface area contributed by atoms with Crippen molar-refractivity contribution in [1.29, 1.82) is 0 Å². The number of hydrogen-bond donors (Lipinski definition) is 0. The SMILES string of the molecule is Cc1c(-c2ccccc2)nc(-c2cccc(-c3ccccc3-c3ccccc3-c3ccccc3)c2)nc1-n1c2ccccc2c2ccc3c4ccccc4oc3c21. The predicted molar refractivity (Wildman–Crippen MR) is 236 cm³/mol. The molecule has 0 bridgehead atoms. The van der Waals surface area contributed by atoms with Crippen molar-refractivity contribution in [3.05, 3.63) is 200 Å². The Morgan fingerprint density at radius 3 is 1.74 bits per heavy atom. The van der Waals surface area contributed by atoms with E-state index >= 15 is 0 Å². The van der Waals surface area contributed by atoms with Gasteiger partial charge in [-0.1, -0.05) is 170 Å². The Bertz CT molecular complexity index is 3300. The van der Waals surface area contributed by atoms with E-state index in [-0.39, 0.29) is 0 Å². The fourth-order valence-electron chi connectivity index (χ4n) is 8.56. The molecular formula is C53H35N3O. The number of hydrogen-bond acceptors (Lipinski definition) is 3. The van der Waals surface area contributed by atoms with E-state index in [0.717, 1.165) is 83.1 Å². The topological polar surface area (TPSA) is 43.9 Å². The molecule has 8 aromatic carbocycles.